The van der Waals surface area contributed by atoms with Crippen LogP contribution in [0.2, 0.25) is 0 Å². The Bertz CT molecular complexity index is 768. The Hall–Kier alpha value is -2.03. The van der Waals surface area contributed by atoms with Gasteiger partial charge >= 0.3 is 6.09 Å². The van der Waals surface area contributed by atoms with Gasteiger partial charge in [-0.2, -0.15) is 5.10 Å². The molecule has 0 saturated heterocycles. The Morgan fingerprint density at radius 2 is 2.00 bits per heavy atom. The third-order valence-corrected chi connectivity index (χ3v) is 5.48. The smallest absolute Gasteiger partial charge is 0.414 e. The number of hydrogen-bond acceptors (Lipinski definition) is 4. The molecule has 2 amide bonds. The zero-order valence-electron chi connectivity index (χ0n) is 14.1. The zero-order chi connectivity index (χ0) is 18.1. The van der Waals surface area contributed by atoms with Crippen molar-refractivity contribution < 1.29 is 23.5 Å². The fourth-order valence-electron chi connectivity index (χ4n) is 4.72. The number of carbonyl (C=O) groups is 2. The van der Waals surface area contributed by atoms with Crippen molar-refractivity contribution >= 4 is 12.0 Å². The standard InChI is InChI=1S/C16H20F2N4O3/c1-9-3-10-12(13(23)22(9)14(24)25)11-4-20(2)7-15(8-21(11)19-10)5-16(17,18)6-15/h9H,3-8H2,1-2H3,(H,24,25)/t9-/m1/s1. The first-order valence-electron chi connectivity index (χ1n) is 8.32. The van der Waals surface area contributed by atoms with E-state index in [-0.39, 0.29) is 12.8 Å². The van der Waals surface area contributed by atoms with Crippen LogP contribution < -0.4 is 0 Å². The van der Waals surface area contributed by atoms with Crippen molar-refractivity contribution in [1.82, 2.24) is 19.6 Å². The van der Waals surface area contributed by atoms with E-state index in [1.807, 2.05) is 11.9 Å². The molecule has 1 aromatic heterocycles. The normalized spacial score (nSPS) is 27.4. The molecule has 0 aromatic carbocycles. The van der Waals surface area contributed by atoms with E-state index in [0.717, 1.165) is 4.90 Å². The van der Waals surface area contributed by atoms with E-state index in [4.69, 9.17) is 0 Å². The van der Waals surface area contributed by atoms with Gasteiger partial charge in [-0.1, -0.05) is 0 Å². The van der Waals surface area contributed by atoms with Gasteiger partial charge < -0.3 is 5.11 Å². The summed E-state index contributed by atoms with van der Waals surface area (Å²) in [6.07, 6.45) is -1.29. The summed E-state index contributed by atoms with van der Waals surface area (Å²) in [5, 5.41) is 13.8. The molecule has 0 bridgehead atoms. The third kappa shape index (κ3) is 2.44. The van der Waals surface area contributed by atoms with Crippen molar-refractivity contribution in [3.05, 3.63) is 17.0 Å². The number of imide groups is 1. The number of nitrogens with zero attached hydrogens (tertiary/aromatic N) is 4. The Kier molecular flexibility index (Phi) is 3.29. The number of aromatic nitrogens is 2. The summed E-state index contributed by atoms with van der Waals surface area (Å²) >= 11 is 0. The molecule has 1 aromatic rings. The van der Waals surface area contributed by atoms with Crippen LogP contribution >= 0.6 is 0 Å². The highest BCUT2D eigenvalue weighted by Gasteiger charge is 2.58. The fourth-order valence-corrected chi connectivity index (χ4v) is 4.72. The molecule has 136 valence electrons. The number of alkyl halides is 2. The van der Waals surface area contributed by atoms with Crippen LogP contribution in [0.25, 0.3) is 0 Å². The molecule has 7 nitrogen and oxygen atoms in total. The Morgan fingerprint density at radius 3 is 2.60 bits per heavy atom. The second-order valence-corrected chi connectivity index (χ2v) is 7.82. The Morgan fingerprint density at radius 1 is 1.32 bits per heavy atom. The highest BCUT2D eigenvalue weighted by atomic mass is 19.3. The highest BCUT2D eigenvalue weighted by molar-refractivity contribution is 6.05. The van der Waals surface area contributed by atoms with Gasteiger partial charge in [-0.3, -0.25) is 14.4 Å². The first-order chi connectivity index (χ1) is 11.6. The molecule has 1 saturated carbocycles. The zero-order valence-corrected chi connectivity index (χ0v) is 14.1. The lowest BCUT2D eigenvalue weighted by Crippen LogP contribution is -2.52. The van der Waals surface area contributed by atoms with E-state index in [1.165, 1.54) is 0 Å². The molecule has 1 N–H and O–H groups in total. The quantitative estimate of drug-likeness (QED) is 0.769. The molecule has 1 atom stereocenters. The molecule has 3 heterocycles. The SMILES string of the molecule is C[C@@H]1Cc2nn3c(c2C(=O)N1C(=O)O)CN(C)CC1(C3)CC(F)(F)C1. The predicted octanol–water partition coefficient (Wildman–Crippen LogP) is 1.81. The summed E-state index contributed by atoms with van der Waals surface area (Å²) in [5.74, 6) is -3.20. The number of amides is 2. The van der Waals surface area contributed by atoms with E-state index in [2.05, 4.69) is 5.10 Å². The van der Waals surface area contributed by atoms with Crippen molar-refractivity contribution in [2.24, 2.45) is 5.41 Å². The van der Waals surface area contributed by atoms with Gasteiger partial charge in [-0.25, -0.2) is 18.5 Å². The van der Waals surface area contributed by atoms with Crippen molar-refractivity contribution in [1.29, 1.82) is 0 Å². The Balaban J connectivity index is 1.75. The number of rotatable bonds is 0. The number of carboxylic acid groups (broad SMARTS) is 1. The van der Waals surface area contributed by atoms with Gasteiger partial charge in [0, 0.05) is 50.4 Å². The van der Waals surface area contributed by atoms with Crippen LogP contribution in [-0.2, 0) is 19.5 Å². The summed E-state index contributed by atoms with van der Waals surface area (Å²) in [6.45, 7) is 2.90. The highest BCUT2D eigenvalue weighted by Crippen LogP contribution is 2.54. The molecular formula is C16H20F2N4O3. The van der Waals surface area contributed by atoms with Gasteiger partial charge in [0.05, 0.1) is 17.0 Å². The summed E-state index contributed by atoms with van der Waals surface area (Å²) in [6, 6.07) is -0.489. The van der Waals surface area contributed by atoms with Crippen LogP contribution in [0.5, 0.6) is 0 Å². The second-order valence-electron chi connectivity index (χ2n) is 7.82. The minimum atomic E-state index is -2.64. The van der Waals surface area contributed by atoms with Crippen LogP contribution in [0, 0.1) is 5.41 Å². The van der Waals surface area contributed by atoms with Gasteiger partial charge in [-0.05, 0) is 14.0 Å². The lowest BCUT2D eigenvalue weighted by atomic mass is 9.65. The summed E-state index contributed by atoms with van der Waals surface area (Å²) in [4.78, 5) is 26.9. The molecule has 1 spiro atoms. The van der Waals surface area contributed by atoms with E-state index in [9.17, 15) is 23.5 Å². The third-order valence-electron chi connectivity index (χ3n) is 5.48. The lowest BCUT2D eigenvalue weighted by Gasteiger charge is -2.47. The van der Waals surface area contributed by atoms with Gasteiger partial charge in [0.15, 0.2) is 0 Å². The molecule has 0 radical (unpaired) electrons. The van der Waals surface area contributed by atoms with Crippen LogP contribution in [0.3, 0.4) is 0 Å². The molecule has 4 rings (SSSR count). The molecule has 2 aliphatic heterocycles. The van der Waals surface area contributed by atoms with Crippen molar-refractivity contribution in [3.8, 4) is 0 Å². The van der Waals surface area contributed by atoms with E-state index in [0.29, 0.717) is 43.0 Å². The first-order valence-corrected chi connectivity index (χ1v) is 8.32. The number of halogens is 2. The van der Waals surface area contributed by atoms with E-state index < -0.39 is 29.4 Å². The minimum Gasteiger partial charge on any atom is -0.465 e. The summed E-state index contributed by atoms with van der Waals surface area (Å²) in [7, 11) is 1.83. The van der Waals surface area contributed by atoms with Crippen molar-refractivity contribution in [2.45, 2.75) is 51.2 Å². The Labute approximate surface area is 143 Å². The van der Waals surface area contributed by atoms with Crippen molar-refractivity contribution in [3.63, 3.8) is 0 Å². The van der Waals surface area contributed by atoms with Crippen LogP contribution in [0.1, 0.15) is 41.5 Å². The van der Waals surface area contributed by atoms with Gasteiger partial charge in [0.25, 0.3) is 5.91 Å². The average Bonchev–Trinajstić information content (AvgIpc) is 2.65. The number of carbonyl (C=O) groups excluding carboxylic acids is 1. The molecular weight excluding hydrogens is 334 g/mol. The number of fused-ring (bicyclic) bond motifs is 3. The van der Waals surface area contributed by atoms with Crippen LogP contribution in [0.15, 0.2) is 0 Å². The topological polar surface area (TPSA) is 78.7 Å². The molecule has 25 heavy (non-hydrogen) atoms. The maximum absolute atomic E-state index is 13.5. The summed E-state index contributed by atoms with van der Waals surface area (Å²) < 4.78 is 28.7. The van der Waals surface area contributed by atoms with Crippen LogP contribution in [0.4, 0.5) is 13.6 Å². The summed E-state index contributed by atoms with van der Waals surface area (Å²) in [5.41, 5.74) is 0.990. The van der Waals surface area contributed by atoms with E-state index >= 15 is 0 Å². The van der Waals surface area contributed by atoms with Crippen LogP contribution in [-0.4, -0.2) is 62.2 Å². The molecule has 0 unspecified atom stereocenters. The predicted molar refractivity (Wildman–Crippen MR) is 82.5 cm³/mol. The maximum Gasteiger partial charge on any atom is 0.414 e. The fraction of sp³-hybridized carbons (Fsp3) is 0.688. The molecule has 1 aliphatic carbocycles. The minimum absolute atomic E-state index is 0.181. The van der Waals surface area contributed by atoms with Gasteiger partial charge in [0.1, 0.15) is 0 Å². The number of hydrogen-bond donors (Lipinski definition) is 1. The van der Waals surface area contributed by atoms with Crippen molar-refractivity contribution in [2.75, 3.05) is 13.6 Å². The molecule has 1 fully saturated rings. The molecule has 3 aliphatic rings. The largest absolute Gasteiger partial charge is 0.465 e. The van der Waals surface area contributed by atoms with E-state index in [1.54, 1.807) is 11.6 Å². The second kappa shape index (κ2) is 5.00. The van der Waals surface area contributed by atoms with Gasteiger partial charge in [0.2, 0.25) is 5.92 Å². The lowest BCUT2D eigenvalue weighted by molar-refractivity contribution is -0.172. The maximum atomic E-state index is 13.5. The molecule has 9 heteroatoms. The first kappa shape index (κ1) is 16.4. The van der Waals surface area contributed by atoms with Gasteiger partial charge in [-0.15, -0.1) is 0 Å². The monoisotopic (exact) mass is 354 g/mol. The average molecular weight is 354 g/mol.